The van der Waals surface area contributed by atoms with Gasteiger partial charge in [0, 0.05) is 55.4 Å². The Kier molecular flexibility index (Phi) is 6.44. The van der Waals surface area contributed by atoms with E-state index in [2.05, 4.69) is 0 Å². The molecule has 1 aliphatic heterocycles. The van der Waals surface area contributed by atoms with Crippen LogP contribution >= 0.6 is 0 Å². The molecule has 0 N–H and O–H groups in total. The predicted octanol–water partition coefficient (Wildman–Crippen LogP) is 3.48. The van der Waals surface area contributed by atoms with Crippen LogP contribution in [0.1, 0.15) is 27.1 Å². The van der Waals surface area contributed by atoms with Crippen molar-refractivity contribution in [2.45, 2.75) is 6.42 Å². The third-order valence-electron chi connectivity index (χ3n) is 5.72. The molecular formula is C25H27N3O4. The van der Waals surface area contributed by atoms with Crippen molar-refractivity contribution >= 4 is 11.8 Å². The predicted molar refractivity (Wildman–Crippen MR) is 122 cm³/mol. The van der Waals surface area contributed by atoms with Crippen LogP contribution in [-0.4, -0.2) is 66.6 Å². The molecule has 0 spiro atoms. The van der Waals surface area contributed by atoms with Gasteiger partial charge in [0.2, 0.25) is 0 Å². The minimum Gasteiger partial charge on any atom is -0.493 e. The van der Waals surface area contributed by atoms with Gasteiger partial charge in [-0.1, -0.05) is 0 Å². The van der Waals surface area contributed by atoms with Gasteiger partial charge >= 0.3 is 0 Å². The zero-order chi connectivity index (χ0) is 22.5. The van der Waals surface area contributed by atoms with E-state index in [1.807, 2.05) is 58.3 Å². The van der Waals surface area contributed by atoms with Gasteiger partial charge in [-0.05, 0) is 61.0 Å². The normalized spacial score (nSPS) is 14.1. The third kappa shape index (κ3) is 4.46. The number of hydrogen-bond donors (Lipinski definition) is 0. The molecule has 1 fully saturated rings. The van der Waals surface area contributed by atoms with Gasteiger partial charge in [0.15, 0.2) is 11.5 Å². The van der Waals surface area contributed by atoms with Crippen LogP contribution in [0.5, 0.6) is 11.5 Å². The number of benzene rings is 2. The molecule has 2 amide bonds. The SMILES string of the molecule is COc1ccc(C(=O)N2CCCN(C(=O)c3ccc(-n4cccc4)cc3)CC2)cc1OC. The first-order valence-corrected chi connectivity index (χ1v) is 10.6. The van der Waals surface area contributed by atoms with E-state index in [1.165, 1.54) is 0 Å². The highest BCUT2D eigenvalue weighted by molar-refractivity contribution is 5.96. The molecule has 0 aliphatic carbocycles. The first kappa shape index (κ1) is 21.5. The van der Waals surface area contributed by atoms with Gasteiger partial charge in [0.05, 0.1) is 14.2 Å². The van der Waals surface area contributed by atoms with Crippen LogP contribution < -0.4 is 9.47 Å². The molecule has 0 bridgehead atoms. The van der Waals surface area contributed by atoms with E-state index in [4.69, 9.17) is 9.47 Å². The Morgan fingerprint density at radius 1 is 0.719 bits per heavy atom. The summed E-state index contributed by atoms with van der Waals surface area (Å²) in [6.07, 6.45) is 4.66. The standard InChI is InChI=1S/C25H27N3O4/c1-31-22-11-8-20(18-23(22)32-2)25(30)28-15-5-14-27(16-17-28)24(29)19-6-9-21(10-7-19)26-12-3-4-13-26/h3-4,6-13,18H,5,14-17H2,1-2H3. The average molecular weight is 434 g/mol. The largest absolute Gasteiger partial charge is 0.493 e. The maximum absolute atomic E-state index is 13.0. The van der Waals surface area contributed by atoms with E-state index in [-0.39, 0.29) is 11.8 Å². The average Bonchev–Trinajstić information content (AvgIpc) is 3.27. The molecule has 4 rings (SSSR count). The minimum atomic E-state index is -0.0728. The molecule has 1 saturated heterocycles. The Bertz CT molecular complexity index is 1080. The summed E-state index contributed by atoms with van der Waals surface area (Å²) in [7, 11) is 3.11. The van der Waals surface area contributed by atoms with E-state index in [1.54, 1.807) is 37.3 Å². The fourth-order valence-electron chi connectivity index (χ4n) is 3.94. The van der Waals surface area contributed by atoms with Crippen molar-refractivity contribution in [3.8, 4) is 17.2 Å². The summed E-state index contributed by atoms with van der Waals surface area (Å²) in [5.74, 6) is 1.02. The second kappa shape index (κ2) is 9.60. The Labute approximate surface area is 187 Å². The van der Waals surface area contributed by atoms with Gasteiger partial charge in [-0.25, -0.2) is 0 Å². The molecule has 0 radical (unpaired) electrons. The molecule has 2 aromatic carbocycles. The highest BCUT2D eigenvalue weighted by Gasteiger charge is 2.24. The molecule has 0 atom stereocenters. The van der Waals surface area contributed by atoms with Gasteiger partial charge < -0.3 is 23.8 Å². The summed E-state index contributed by atoms with van der Waals surface area (Å²) in [6, 6.07) is 16.7. The van der Waals surface area contributed by atoms with Crippen molar-refractivity contribution in [2.75, 3.05) is 40.4 Å². The fraction of sp³-hybridized carbons (Fsp3) is 0.280. The number of nitrogens with zero attached hydrogens (tertiary/aromatic N) is 3. The van der Waals surface area contributed by atoms with E-state index in [9.17, 15) is 9.59 Å². The summed E-state index contributed by atoms with van der Waals surface area (Å²) >= 11 is 0. The van der Waals surface area contributed by atoms with Crippen molar-refractivity contribution in [3.05, 3.63) is 78.1 Å². The van der Waals surface area contributed by atoms with E-state index in [0.29, 0.717) is 48.8 Å². The lowest BCUT2D eigenvalue weighted by atomic mass is 10.1. The van der Waals surface area contributed by atoms with Crippen LogP contribution in [0, 0.1) is 0 Å². The van der Waals surface area contributed by atoms with Crippen molar-refractivity contribution in [2.24, 2.45) is 0 Å². The van der Waals surface area contributed by atoms with Crippen LogP contribution in [0.3, 0.4) is 0 Å². The maximum Gasteiger partial charge on any atom is 0.254 e. The number of ether oxygens (including phenoxy) is 2. The number of hydrogen-bond acceptors (Lipinski definition) is 4. The Morgan fingerprint density at radius 3 is 1.88 bits per heavy atom. The van der Waals surface area contributed by atoms with Crippen molar-refractivity contribution in [1.29, 1.82) is 0 Å². The van der Waals surface area contributed by atoms with Gasteiger partial charge in [-0.2, -0.15) is 0 Å². The first-order chi connectivity index (χ1) is 15.6. The number of aromatic nitrogens is 1. The monoisotopic (exact) mass is 433 g/mol. The van der Waals surface area contributed by atoms with Crippen LogP contribution in [0.4, 0.5) is 0 Å². The zero-order valence-electron chi connectivity index (χ0n) is 18.4. The second-order valence-corrected chi connectivity index (χ2v) is 7.64. The maximum atomic E-state index is 13.0. The van der Waals surface area contributed by atoms with E-state index >= 15 is 0 Å². The molecule has 166 valence electrons. The molecule has 1 aliphatic rings. The molecule has 2 heterocycles. The number of carbonyl (C=O) groups excluding carboxylic acids is 2. The Morgan fingerprint density at radius 2 is 1.28 bits per heavy atom. The van der Waals surface area contributed by atoms with Gasteiger partial charge in [-0.15, -0.1) is 0 Å². The van der Waals surface area contributed by atoms with Gasteiger partial charge in [-0.3, -0.25) is 9.59 Å². The Hall–Kier alpha value is -3.74. The fourth-order valence-corrected chi connectivity index (χ4v) is 3.94. The number of amides is 2. The smallest absolute Gasteiger partial charge is 0.254 e. The molecule has 0 unspecified atom stereocenters. The van der Waals surface area contributed by atoms with Gasteiger partial charge in [0.1, 0.15) is 0 Å². The van der Waals surface area contributed by atoms with Crippen LogP contribution in [-0.2, 0) is 0 Å². The summed E-state index contributed by atoms with van der Waals surface area (Å²) in [4.78, 5) is 29.7. The number of methoxy groups -OCH3 is 2. The summed E-state index contributed by atoms with van der Waals surface area (Å²) in [5, 5.41) is 0. The quantitative estimate of drug-likeness (QED) is 0.618. The summed E-state index contributed by atoms with van der Waals surface area (Å²) < 4.78 is 12.6. The van der Waals surface area contributed by atoms with Gasteiger partial charge in [0.25, 0.3) is 11.8 Å². The highest BCUT2D eigenvalue weighted by atomic mass is 16.5. The van der Waals surface area contributed by atoms with Crippen LogP contribution in [0.2, 0.25) is 0 Å². The van der Waals surface area contributed by atoms with Crippen molar-refractivity contribution < 1.29 is 19.1 Å². The number of rotatable bonds is 5. The summed E-state index contributed by atoms with van der Waals surface area (Å²) in [6.45, 7) is 2.20. The van der Waals surface area contributed by atoms with Crippen LogP contribution in [0.25, 0.3) is 5.69 Å². The second-order valence-electron chi connectivity index (χ2n) is 7.64. The van der Waals surface area contributed by atoms with Crippen molar-refractivity contribution in [3.63, 3.8) is 0 Å². The zero-order valence-corrected chi connectivity index (χ0v) is 18.4. The molecule has 1 aromatic heterocycles. The molecule has 7 heteroatoms. The lowest BCUT2D eigenvalue weighted by Gasteiger charge is -2.23. The third-order valence-corrected chi connectivity index (χ3v) is 5.72. The number of carbonyl (C=O) groups is 2. The summed E-state index contributed by atoms with van der Waals surface area (Å²) in [5.41, 5.74) is 2.21. The van der Waals surface area contributed by atoms with Crippen molar-refractivity contribution in [1.82, 2.24) is 14.4 Å². The molecule has 3 aromatic rings. The highest BCUT2D eigenvalue weighted by Crippen LogP contribution is 2.28. The molecule has 32 heavy (non-hydrogen) atoms. The lowest BCUT2D eigenvalue weighted by molar-refractivity contribution is 0.0718. The first-order valence-electron chi connectivity index (χ1n) is 10.6. The molecule has 0 saturated carbocycles. The van der Waals surface area contributed by atoms with E-state index < -0.39 is 0 Å². The topological polar surface area (TPSA) is 64.0 Å². The van der Waals surface area contributed by atoms with E-state index in [0.717, 1.165) is 12.1 Å². The lowest BCUT2D eigenvalue weighted by Crippen LogP contribution is -2.37. The molecular weight excluding hydrogens is 406 g/mol. The minimum absolute atomic E-state index is 0.00975. The Balaban J connectivity index is 1.41. The van der Waals surface area contributed by atoms with Crippen LogP contribution in [0.15, 0.2) is 67.0 Å². The molecule has 7 nitrogen and oxygen atoms in total.